The van der Waals surface area contributed by atoms with Crippen LogP contribution >= 0.6 is 23.1 Å². The van der Waals surface area contributed by atoms with Crippen molar-refractivity contribution in [2.75, 3.05) is 23.4 Å². The van der Waals surface area contributed by atoms with Gasteiger partial charge in [0.2, 0.25) is 11.8 Å². The van der Waals surface area contributed by atoms with Crippen LogP contribution in [-0.2, 0) is 25.5 Å². The molecule has 9 heteroatoms. The Morgan fingerprint density at radius 1 is 1.48 bits per heavy atom. The van der Waals surface area contributed by atoms with Crippen LogP contribution in [0.5, 0.6) is 0 Å². The summed E-state index contributed by atoms with van der Waals surface area (Å²) in [5, 5.41) is 4.79. The van der Waals surface area contributed by atoms with Gasteiger partial charge in [-0.25, -0.2) is 4.98 Å². The van der Waals surface area contributed by atoms with Gasteiger partial charge in [-0.3, -0.25) is 14.4 Å². The van der Waals surface area contributed by atoms with E-state index < -0.39 is 5.91 Å². The summed E-state index contributed by atoms with van der Waals surface area (Å²) < 4.78 is 4.82. The van der Waals surface area contributed by atoms with Crippen LogP contribution in [0.15, 0.2) is 5.38 Å². The molecule has 0 aliphatic carbocycles. The molecule has 0 spiro atoms. The first-order chi connectivity index (χ1) is 10.0. The molecule has 7 nitrogen and oxygen atoms in total. The van der Waals surface area contributed by atoms with Gasteiger partial charge in [-0.2, -0.15) is 11.8 Å². The molecular weight excluding hydrogens is 314 g/mol. The predicted molar refractivity (Wildman–Crippen MR) is 82.2 cm³/mol. The maximum Gasteiger partial charge on any atom is 0.311 e. The molecule has 3 N–H and O–H groups in total. The highest BCUT2D eigenvalue weighted by atomic mass is 32.2. The van der Waals surface area contributed by atoms with E-state index in [0.717, 1.165) is 0 Å². The van der Waals surface area contributed by atoms with Gasteiger partial charge >= 0.3 is 5.97 Å². The van der Waals surface area contributed by atoms with E-state index in [0.29, 0.717) is 23.2 Å². The molecular formula is C12H17N3O4S2. The molecule has 0 saturated heterocycles. The normalized spacial score (nSPS) is 10.1. The van der Waals surface area contributed by atoms with Gasteiger partial charge in [-0.05, 0) is 6.92 Å². The lowest BCUT2D eigenvalue weighted by atomic mass is 10.3. The summed E-state index contributed by atoms with van der Waals surface area (Å²) in [6.45, 7) is 2.07. The molecule has 0 aromatic carbocycles. The van der Waals surface area contributed by atoms with Gasteiger partial charge in [0.1, 0.15) is 0 Å². The third-order valence-electron chi connectivity index (χ3n) is 2.15. The number of anilines is 1. The second kappa shape index (κ2) is 9.35. The molecule has 1 aromatic heterocycles. The number of aromatic nitrogens is 1. The Labute approximate surface area is 130 Å². The summed E-state index contributed by atoms with van der Waals surface area (Å²) in [6.07, 6.45) is 0.361. The summed E-state index contributed by atoms with van der Waals surface area (Å²) in [6, 6.07) is 0. The third-order valence-corrected chi connectivity index (χ3v) is 3.93. The standard InChI is InChI=1S/C12H17N3O4S2/c1-2-19-11(18)5-8-6-21-12(14-8)15-10(17)3-4-20-7-9(13)16/h6H,2-5,7H2,1H3,(H2,13,16)(H,14,15,17). The molecule has 0 aliphatic heterocycles. The van der Waals surface area contributed by atoms with E-state index in [1.807, 2.05) is 0 Å². The summed E-state index contributed by atoms with van der Waals surface area (Å²) in [5.74, 6) is -0.221. The lowest BCUT2D eigenvalue weighted by Gasteiger charge is -2.01. The molecule has 116 valence electrons. The first-order valence-corrected chi connectivity index (χ1v) is 8.30. The number of hydrogen-bond donors (Lipinski definition) is 2. The van der Waals surface area contributed by atoms with E-state index in [-0.39, 0.29) is 30.5 Å². The van der Waals surface area contributed by atoms with Gasteiger partial charge in [-0.1, -0.05) is 0 Å². The van der Waals surface area contributed by atoms with E-state index in [1.54, 1.807) is 12.3 Å². The quantitative estimate of drug-likeness (QED) is 0.511. The second-order valence-corrected chi connectivity index (χ2v) is 5.91. The fourth-order valence-corrected chi connectivity index (χ4v) is 2.73. The second-order valence-electron chi connectivity index (χ2n) is 3.94. The number of rotatable bonds is 9. The summed E-state index contributed by atoms with van der Waals surface area (Å²) in [7, 11) is 0. The van der Waals surface area contributed by atoms with Crippen LogP contribution in [0.3, 0.4) is 0 Å². The van der Waals surface area contributed by atoms with Gasteiger partial charge in [0.05, 0.1) is 24.5 Å². The monoisotopic (exact) mass is 331 g/mol. The number of nitrogens with one attached hydrogen (secondary N) is 1. The number of primary amides is 1. The van der Waals surface area contributed by atoms with Crippen LogP contribution in [0, 0.1) is 0 Å². The Kier molecular flexibility index (Phi) is 7.76. The van der Waals surface area contributed by atoms with Crippen molar-refractivity contribution in [2.45, 2.75) is 19.8 Å². The van der Waals surface area contributed by atoms with Gasteiger partial charge in [0.25, 0.3) is 0 Å². The number of esters is 1. The van der Waals surface area contributed by atoms with E-state index in [4.69, 9.17) is 10.5 Å². The Morgan fingerprint density at radius 3 is 2.90 bits per heavy atom. The number of ether oxygens (including phenoxy) is 1. The molecule has 1 heterocycles. The SMILES string of the molecule is CCOC(=O)Cc1csc(NC(=O)CCSCC(N)=O)n1. The summed E-state index contributed by atoms with van der Waals surface area (Å²) in [4.78, 5) is 37.6. The smallest absolute Gasteiger partial charge is 0.311 e. The van der Waals surface area contributed by atoms with Crippen LogP contribution in [0.4, 0.5) is 5.13 Å². The molecule has 0 atom stereocenters. The van der Waals surface area contributed by atoms with E-state index in [1.165, 1.54) is 23.1 Å². The van der Waals surface area contributed by atoms with E-state index in [2.05, 4.69) is 10.3 Å². The zero-order valence-corrected chi connectivity index (χ0v) is 13.2. The maximum atomic E-state index is 11.6. The lowest BCUT2D eigenvalue weighted by molar-refractivity contribution is -0.142. The molecule has 0 unspecified atom stereocenters. The summed E-state index contributed by atoms with van der Waals surface area (Å²) >= 11 is 2.56. The van der Waals surface area contributed by atoms with Gasteiger partial charge in [0.15, 0.2) is 5.13 Å². The van der Waals surface area contributed by atoms with Crippen molar-refractivity contribution in [1.82, 2.24) is 4.98 Å². The zero-order chi connectivity index (χ0) is 15.7. The van der Waals surface area contributed by atoms with Gasteiger partial charge in [-0.15, -0.1) is 11.3 Å². The van der Waals surface area contributed by atoms with E-state index in [9.17, 15) is 14.4 Å². The molecule has 0 bridgehead atoms. The number of amides is 2. The highest BCUT2D eigenvalue weighted by Gasteiger charge is 2.10. The highest BCUT2D eigenvalue weighted by Crippen LogP contribution is 2.16. The number of nitrogens with zero attached hydrogens (tertiary/aromatic N) is 1. The number of thioether (sulfide) groups is 1. The largest absolute Gasteiger partial charge is 0.466 e. The number of carbonyl (C=O) groups excluding carboxylic acids is 3. The Morgan fingerprint density at radius 2 is 2.24 bits per heavy atom. The van der Waals surface area contributed by atoms with Gasteiger partial charge in [0, 0.05) is 17.6 Å². The van der Waals surface area contributed by atoms with Crippen LogP contribution in [0.25, 0.3) is 0 Å². The molecule has 0 fully saturated rings. The predicted octanol–water partition coefficient (Wildman–Crippen LogP) is 0.796. The van der Waals surface area contributed by atoms with Crippen molar-refractivity contribution in [3.05, 3.63) is 11.1 Å². The minimum Gasteiger partial charge on any atom is -0.466 e. The number of nitrogens with two attached hydrogens (primary N) is 1. The van der Waals surface area contributed by atoms with Crippen molar-refractivity contribution in [2.24, 2.45) is 5.73 Å². The first kappa shape index (κ1) is 17.4. The molecule has 2 amide bonds. The maximum absolute atomic E-state index is 11.6. The molecule has 0 saturated carbocycles. The number of hydrogen-bond acceptors (Lipinski definition) is 7. The molecule has 1 aromatic rings. The molecule has 1 rings (SSSR count). The molecule has 21 heavy (non-hydrogen) atoms. The molecule has 0 radical (unpaired) electrons. The zero-order valence-electron chi connectivity index (χ0n) is 11.6. The number of thiazole rings is 1. The Balaban J connectivity index is 2.31. The Hall–Kier alpha value is -1.61. The van der Waals surface area contributed by atoms with E-state index >= 15 is 0 Å². The number of carbonyl (C=O) groups is 3. The first-order valence-electron chi connectivity index (χ1n) is 6.27. The van der Waals surface area contributed by atoms with Crippen molar-refractivity contribution in [3.63, 3.8) is 0 Å². The van der Waals surface area contributed by atoms with Crippen LogP contribution in [0.1, 0.15) is 19.0 Å². The summed E-state index contributed by atoms with van der Waals surface area (Å²) in [5.41, 5.74) is 5.56. The highest BCUT2D eigenvalue weighted by molar-refractivity contribution is 7.99. The topological polar surface area (TPSA) is 111 Å². The molecule has 0 aliphatic rings. The average molecular weight is 331 g/mol. The van der Waals surface area contributed by atoms with Crippen molar-refractivity contribution in [1.29, 1.82) is 0 Å². The fourth-order valence-electron chi connectivity index (χ4n) is 1.32. The minimum atomic E-state index is -0.399. The van der Waals surface area contributed by atoms with Crippen LogP contribution in [0.2, 0.25) is 0 Å². The van der Waals surface area contributed by atoms with Crippen LogP contribution in [-0.4, -0.2) is 40.9 Å². The fraction of sp³-hybridized carbons (Fsp3) is 0.500. The lowest BCUT2D eigenvalue weighted by Crippen LogP contribution is -2.15. The van der Waals surface area contributed by atoms with Gasteiger partial charge < -0.3 is 15.8 Å². The Bertz CT molecular complexity index is 504. The van der Waals surface area contributed by atoms with Crippen LogP contribution < -0.4 is 11.1 Å². The average Bonchev–Trinajstić information content (AvgIpc) is 2.82. The van der Waals surface area contributed by atoms with Crippen molar-refractivity contribution >= 4 is 46.0 Å². The minimum absolute atomic E-state index is 0.0919. The third kappa shape index (κ3) is 7.66. The van der Waals surface area contributed by atoms with Crippen molar-refractivity contribution < 1.29 is 19.1 Å². The van der Waals surface area contributed by atoms with Crippen molar-refractivity contribution in [3.8, 4) is 0 Å².